The van der Waals surface area contributed by atoms with E-state index >= 15 is 0 Å². The second-order valence-corrected chi connectivity index (χ2v) is 6.35. The fourth-order valence-corrected chi connectivity index (χ4v) is 3.19. The summed E-state index contributed by atoms with van der Waals surface area (Å²) in [5, 5.41) is 6.09. The SMILES string of the molecule is CC(Cc1cccc(F)c1)C(=O)Nc1ccc2sccc2c1. The van der Waals surface area contributed by atoms with Gasteiger partial charge in [-0.2, -0.15) is 0 Å². The van der Waals surface area contributed by atoms with E-state index in [2.05, 4.69) is 5.32 Å². The predicted molar refractivity (Wildman–Crippen MR) is 89.7 cm³/mol. The van der Waals surface area contributed by atoms with Crippen LogP contribution in [0.1, 0.15) is 12.5 Å². The molecular formula is C18H16FNOS. The molecule has 0 saturated carbocycles. The molecule has 3 rings (SSSR count). The van der Waals surface area contributed by atoms with Gasteiger partial charge in [0.25, 0.3) is 0 Å². The molecule has 1 heterocycles. The number of halogens is 1. The van der Waals surface area contributed by atoms with Crippen LogP contribution in [0.2, 0.25) is 0 Å². The lowest BCUT2D eigenvalue weighted by molar-refractivity contribution is -0.119. The smallest absolute Gasteiger partial charge is 0.227 e. The average molecular weight is 313 g/mol. The molecule has 0 saturated heterocycles. The Morgan fingerprint density at radius 2 is 2.09 bits per heavy atom. The molecule has 1 unspecified atom stereocenters. The van der Waals surface area contributed by atoms with Gasteiger partial charge < -0.3 is 5.32 Å². The Morgan fingerprint density at radius 1 is 1.23 bits per heavy atom. The van der Waals surface area contributed by atoms with Crippen molar-refractivity contribution in [3.8, 4) is 0 Å². The van der Waals surface area contributed by atoms with Gasteiger partial charge in [0.05, 0.1) is 0 Å². The van der Waals surface area contributed by atoms with Crippen LogP contribution in [-0.4, -0.2) is 5.91 Å². The maximum Gasteiger partial charge on any atom is 0.227 e. The molecule has 2 aromatic carbocycles. The van der Waals surface area contributed by atoms with E-state index in [1.54, 1.807) is 17.4 Å². The van der Waals surface area contributed by atoms with E-state index in [9.17, 15) is 9.18 Å². The summed E-state index contributed by atoms with van der Waals surface area (Å²) in [5.74, 6) is -0.549. The molecule has 1 N–H and O–H groups in total. The van der Waals surface area contributed by atoms with Crippen molar-refractivity contribution in [1.29, 1.82) is 0 Å². The third kappa shape index (κ3) is 3.34. The van der Waals surface area contributed by atoms with Crippen molar-refractivity contribution >= 4 is 33.0 Å². The molecule has 0 fully saturated rings. The largest absolute Gasteiger partial charge is 0.326 e. The molecule has 0 radical (unpaired) electrons. The number of carbonyl (C=O) groups excluding carboxylic acids is 1. The van der Waals surface area contributed by atoms with Crippen LogP contribution in [-0.2, 0) is 11.2 Å². The van der Waals surface area contributed by atoms with Gasteiger partial charge in [-0.3, -0.25) is 4.79 Å². The summed E-state index contributed by atoms with van der Waals surface area (Å²) in [6.45, 7) is 1.85. The fraction of sp³-hybridized carbons (Fsp3) is 0.167. The number of nitrogens with one attached hydrogen (secondary N) is 1. The van der Waals surface area contributed by atoms with Gasteiger partial charge in [0.15, 0.2) is 0 Å². The first-order chi connectivity index (χ1) is 10.6. The van der Waals surface area contributed by atoms with Crippen molar-refractivity contribution in [2.45, 2.75) is 13.3 Å². The van der Waals surface area contributed by atoms with Crippen molar-refractivity contribution in [3.63, 3.8) is 0 Å². The van der Waals surface area contributed by atoms with Gasteiger partial charge in [-0.15, -0.1) is 11.3 Å². The van der Waals surface area contributed by atoms with Crippen LogP contribution < -0.4 is 5.32 Å². The summed E-state index contributed by atoms with van der Waals surface area (Å²) in [6, 6.07) is 14.3. The fourth-order valence-electron chi connectivity index (χ4n) is 2.42. The molecule has 0 bridgehead atoms. The Bertz CT molecular complexity index is 811. The number of fused-ring (bicyclic) bond motifs is 1. The van der Waals surface area contributed by atoms with Crippen LogP contribution in [0.15, 0.2) is 53.9 Å². The molecule has 112 valence electrons. The zero-order valence-corrected chi connectivity index (χ0v) is 13.0. The van der Waals surface area contributed by atoms with Crippen molar-refractivity contribution in [3.05, 3.63) is 65.3 Å². The zero-order chi connectivity index (χ0) is 15.5. The van der Waals surface area contributed by atoms with Crippen LogP contribution in [0.5, 0.6) is 0 Å². The lowest BCUT2D eigenvalue weighted by atomic mass is 10.00. The Hall–Kier alpha value is -2.20. The highest BCUT2D eigenvalue weighted by Gasteiger charge is 2.14. The topological polar surface area (TPSA) is 29.1 Å². The number of amides is 1. The lowest BCUT2D eigenvalue weighted by Gasteiger charge is -2.12. The Kier molecular flexibility index (Phi) is 4.20. The van der Waals surface area contributed by atoms with Gasteiger partial charge in [-0.25, -0.2) is 4.39 Å². The molecular weight excluding hydrogens is 297 g/mol. The Labute approximate surface area is 132 Å². The quantitative estimate of drug-likeness (QED) is 0.732. The Morgan fingerprint density at radius 3 is 2.91 bits per heavy atom. The van der Waals surface area contributed by atoms with Gasteiger partial charge in [0.2, 0.25) is 5.91 Å². The first-order valence-corrected chi connectivity index (χ1v) is 8.02. The number of carbonyl (C=O) groups is 1. The normalized spacial score (nSPS) is 12.3. The van der Waals surface area contributed by atoms with Crippen LogP contribution in [0.3, 0.4) is 0 Å². The summed E-state index contributed by atoms with van der Waals surface area (Å²) in [4.78, 5) is 12.3. The zero-order valence-electron chi connectivity index (χ0n) is 12.2. The van der Waals surface area contributed by atoms with Crippen molar-refractivity contribution < 1.29 is 9.18 Å². The van der Waals surface area contributed by atoms with E-state index in [-0.39, 0.29) is 17.6 Å². The number of benzene rings is 2. The molecule has 22 heavy (non-hydrogen) atoms. The van der Waals surface area contributed by atoms with E-state index in [1.807, 2.05) is 42.6 Å². The molecule has 0 aliphatic rings. The summed E-state index contributed by atoms with van der Waals surface area (Å²) >= 11 is 1.68. The third-order valence-corrected chi connectivity index (χ3v) is 4.50. The Balaban J connectivity index is 1.67. The van der Waals surface area contributed by atoms with Gasteiger partial charge in [-0.05, 0) is 59.1 Å². The first-order valence-electron chi connectivity index (χ1n) is 7.14. The summed E-state index contributed by atoms with van der Waals surface area (Å²) in [7, 11) is 0. The molecule has 0 spiro atoms. The number of thiophene rings is 1. The summed E-state index contributed by atoms with van der Waals surface area (Å²) in [5.41, 5.74) is 1.62. The van der Waals surface area contributed by atoms with Crippen LogP contribution >= 0.6 is 11.3 Å². The first kappa shape index (κ1) is 14.7. The number of rotatable bonds is 4. The van der Waals surface area contributed by atoms with Crippen molar-refractivity contribution in [1.82, 2.24) is 0 Å². The summed E-state index contributed by atoms with van der Waals surface area (Å²) < 4.78 is 14.4. The molecule has 0 aliphatic carbocycles. The third-order valence-electron chi connectivity index (χ3n) is 3.60. The lowest BCUT2D eigenvalue weighted by Crippen LogP contribution is -2.22. The number of hydrogen-bond acceptors (Lipinski definition) is 2. The molecule has 0 aliphatic heterocycles. The number of anilines is 1. The second-order valence-electron chi connectivity index (χ2n) is 5.40. The van der Waals surface area contributed by atoms with Gasteiger partial charge >= 0.3 is 0 Å². The van der Waals surface area contributed by atoms with Gasteiger partial charge in [0, 0.05) is 16.3 Å². The minimum atomic E-state index is -0.270. The van der Waals surface area contributed by atoms with E-state index < -0.39 is 0 Å². The number of hydrogen-bond donors (Lipinski definition) is 1. The van der Waals surface area contributed by atoms with Crippen molar-refractivity contribution in [2.75, 3.05) is 5.32 Å². The highest BCUT2D eigenvalue weighted by molar-refractivity contribution is 7.17. The average Bonchev–Trinajstić information content (AvgIpc) is 2.94. The van der Waals surface area contributed by atoms with Gasteiger partial charge in [0.1, 0.15) is 5.82 Å². The van der Waals surface area contributed by atoms with E-state index in [1.165, 1.54) is 16.8 Å². The predicted octanol–water partition coefficient (Wildman–Crippen LogP) is 4.86. The van der Waals surface area contributed by atoms with Crippen molar-refractivity contribution in [2.24, 2.45) is 5.92 Å². The van der Waals surface area contributed by atoms with Gasteiger partial charge in [-0.1, -0.05) is 19.1 Å². The molecule has 1 aromatic heterocycles. The maximum absolute atomic E-state index is 13.2. The molecule has 1 atom stereocenters. The highest BCUT2D eigenvalue weighted by Crippen LogP contribution is 2.24. The maximum atomic E-state index is 13.2. The standard InChI is InChI=1S/C18H16FNOS/c1-12(9-13-3-2-4-15(19)10-13)18(21)20-16-5-6-17-14(11-16)7-8-22-17/h2-8,10-12H,9H2,1H3,(H,20,21). The highest BCUT2D eigenvalue weighted by atomic mass is 32.1. The van der Waals surface area contributed by atoms with E-state index in [4.69, 9.17) is 0 Å². The minimum absolute atomic E-state index is 0.0566. The van der Waals surface area contributed by atoms with Crippen LogP contribution in [0.25, 0.3) is 10.1 Å². The monoisotopic (exact) mass is 313 g/mol. The van der Waals surface area contributed by atoms with E-state index in [0.29, 0.717) is 6.42 Å². The minimum Gasteiger partial charge on any atom is -0.326 e. The molecule has 2 nitrogen and oxygen atoms in total. The van der Waals surface area contributed by atoms with Crippen LogP contribution in [0, 0.1) is 11.7 Å². The second kappa shape index (κ2) is 6.28. The summed E-state index contributed by atoms with van der Waals surface area (Å²) in [6.07, 6.45) is 0.518. The molecule has 4 heteroatoms. The van der Waals surface area contributed by atoms with Crippen LogP contribution in [0.4, 0.5) is 10.1 Å². The molecule has 3 aromatic rings. The molecule has 1 amide bonds. The van der Waals surface area contributed by atoms with E-state index in [0.717, 1.165) is 16.6 Å².